The van der Waals surface area contributed by atoms with Crippen LogP contribution in [0.2, 0.25) is 0 Å². The average Bonchev–Trinajstić information content (AvgIpc) is 2.45. The molecule has 1 amide bonds. The number of anilines is 1. The fourth-order valence-electron chi connectivity index (χ4n) is 2.09. The molecule has 0 unspecified atom stereocenters. The number of carbonyl (C=O) groups is 3. The fourth-order valence-corrected chi connectivity index (χ4v) is 2.09. The van der Waals surface area contributed by atoms with Crippen LogP contribution in [-0.4, -0.2) is 52.6 Å². The molecule has 0 bridgehead atoms. The van der Waals surface area contributed by atoms with E-state index in [0.29, 0.717) is 5.69 Å². The smallest absolute Gasteiger partial charge is 0.317 e. The van der Waals surface area contributed by atoms with E-state index in [1.807, 2.05) is 12.1 Å². The number of carboxylic acids is 2. The summed E-state index contributed by atoms with van der Waals surface area (Å²) in [7, 11) is 0. The Kier molecular flexibility index (Phi) is 10.9. The zero-order valence-electron chi connectivity index (χ0n) is 13.5. The van der Waals surface area contributed by atoms with Crippen molar-refractivity contribution >= 4 is 23.5 Å². The maximum atomic E-state index is 11.9. The van der Waals surface area contributed by atoms with E-state index in [9.17, 15) is 14.4 Å². The van der Waals surface area contributed by atoms with E-state index in [1.165, 1.54) is 5.56 Å². The Hall–Kier alpha value is -1.76. The second kappa shape index (κ2) is 11.7. The van der Waals surface area contributed by atoms with Gasteiger partial charge in [0.2, 0.25) is 5.91 Å². The van der Waals surface area contributed by atoms with Crippen LogP contribution >= 0.6 is 0 Å². The van der Waals surface area contributed by atoms with Crippen LogP contribution in [0.25, 0.3) is 0 Å². The van der Waals surface area contributed by atoms with Gasteiger partial charge in [-0.25, -0.2) is 0 Å². The van der Waals surface area contributed by atoms with Gasteiger partial charge in [0.05, 0.1) is 19.6 Å². The van der Waals surface area contributed by atoms with Gasteiger partial charge in [-0.05, 0) is 30.5 Å². The summed E-state index contributed by atoms with van der Waals surface area (Å²) in [6, 6.07) is 7.42. The van der Waals surface area contributed by atoms with Gasteiger partial charge in [-0.2, -0.15) is 0 Å². The van der Waals surface area contributed by atoms with E-state index in [2.05, 4.69) is 12.2 Å². The third-order valence-electron chi connectivity index (χ3n) is 3.14. The van der Waals surface area contributed by atoms with Gasteiger partial charge in [-0.1, -0.05) is 25.5 Å². The van der Waals surface area contributed by atoms with Crippen molar-refractivity contribution in [1.82, 2.24) is 4.90 Å². The number of rotatable bonds is 10. The minimum Gasteiger partial charge on any atom is -0.480 e. The van der Waals surface area contributed by atoms with E-state index in [0.717, 1.165) is 24.2 Å². The Morgan fingerprint density at radius 3 is 2.00 bits per heavy atom. The molecule has 0 spiro atoms. The Labute approximate surface area is 154 Å². The van der Waals surface area contributed by atoms with Crippen LogP contribution in [0.5, 0.6) is 0 Å². The Morgan fingerprint density at radius 2 is 1.54 bits per heavy atom. The number of hydrogen-bond acceptors (Lipinski definition) is 4. The average molecular weight is 421 g/mol. The molecular weight excluding hydrogens is 399 g/mol. The number of carboxylic acid groups (broad SMARTS) is 2. The number of carbonyl (C=O) groups excluding carboxylic acids is 1. The van der Waals surface area contributed by atoms with E-state index in [4.69, 9.17) is 10.2 Å². The molecule has 0 saturated carbocycles. The SMILES string of the molecule is CCCCc1ccc(NC(=O)CN(CC(=O)O)CC(=O)O)cc1.[99Tc]. The molecule has 0 saturated heterocycles. The molecule has 0 atom stereocenters. The maximum absolute atomic E-state index is 11.9. The van der Waals surface area contributed by atoms with E-state index >= 15 is 0 Å². The number of nitrogens with one attached hydrogen (secondary N) is 1. The van der Waals surface area contributed by atoms with Gasteiger partial charge in [0.1, 0.15) is 0 Å². The first kappa shape index (κ1) is 22.2. The number of unbranched alkanes of at least 4 members (excludes halogenated alkanes) is 1. The summed E-state index contributed by atoms with van der Waals surface area (Å²) >= 11 is 0. The number of amides is 1. The normalized spacial score (nSPS) is 10.1. The molecule has 0 heterocycles. The number of aliphatic carboxylic acids is 2. The molecule has 1 rings (SSSR count). The third-order valence-corrected chi connectivity index (χ3v) is 3.14. The van der Waals surface area contributed by atoms with Crippen LogP contribution in [0.15, 0.2) is 24.3 Å². The van der Waals surface area contributed by atoms with Crippen molar-refractivity contribution in [3.05, 3.63) is 29.8 Å². The van der Waals surface area contributed by atoms with Crippen LogP contribution < -0.4 is 5.32 Å². The van der Waals surface area contributed by atoms with Crippen molar-refractivity contribution < 1.29 is 44.7 Å². The number of benzene rings is 1. The van der Waals surface area contributed by atoms with Crippen molar-refractivity contribution in [2.45, 2.75) is 26.2 Å². The van der Waals surface area contributed by atoms with Crippen molar-refractivity contribution in [2.75, 3.05) is 25.0 Å². The van der Waals surface area contributed by atoms with Gasteiger partial charge < -0.3 is 15.5 Å². The Balaban J connectivity index is 0.00000529. The van der Waals surface area contributed by atoms with Crippen LogP contribution in [0, 0.1) is 0 Å². The van der Waals surface area contributed by atoms with E-state index in [-0.39, 0.29) is 26.7 Å². The van der Waals surface area contributed by atoms with Crippen molar-refractivity contribution in [3.63, 3.8) is 0 Å². The molecule has 0 aromatic heterocycles. The Morgan fingerprint density at radius 1 is 1.00 bits per heavy atom. The molecule has 0 aliphatic rings. The van der Waals surface area contributed by atoms with Crippen LogP contribution in [0.1, 0.15) is 25.3 Å². The minimum absolute atomic E-state index is 0. The molecule has 0 aliphatic carbocycles. The topological polar surface area (TPSA) is 107 Å². The molecular formula is C16H22N2O5Tc. The van der Waals surface area contributed by atoms with E-state index in [1.54, 1.807) is 12.1 Å². The van der Waals surface area contributed by atoms with Crippen molar-refractivity contribution in [3.8, 4) is 0 Å². The zero-order valence-corrected chi connectivity index (χ0v) is 15.4. The van der Waals surface area contributed by atoms with Crippen LogP contribution in [-0.2, 0) is 40.9 Å². The molecule has 1 aromatic rings. The quantitative estimate of drug-likeness (QED) is 0.528. The molecule has 8 heteroatoms. The minimum atomic E-state index is -1.18. The first-order valence-electron chi connectivity index (χ1n) is 7.45. The zero-order chi connectivity index (χ0) is 17.2. The molecule has 133 valence electrons. The molecule has 24 heavy (non-hydrogen) atoms. The molecule has 3 N–H and O–H groups in total. The first-order chi connectivity index (χ1) is 10.9. The van der Waals surface area contributed by atoms with E-state index < -0.39 is 30.9 Å². The number of hydrogen-bond donors (Lipinski definition) is 3. The monoisotopic (exact) mass is 421 g/mol. The van der Waals surface area contributed by atoms with Crippen LogP contribution in [0.4, 0.5) is 5.69 Å². The predicted molar refractivity (Wildman–Crippen MR) is 85.4 cm³/mol. The van der Waals surface area contributed by atoms with Gasteiger partial charge in [-0.3, -0.25) is 19.3 Å². The summed E-state index contributed by atoms with van der Waals surface area (Å²) in [4.78, 5) is 34.3. The molecule has 1 aromatic carbocycles. The van der Waals surface area contributed by atoms with Gasteiger partial charge >= 0.3 is 11.9 Å². The standard InChI is InChI=1S/C16H22N2O5.Tc/c1-2-3-4-12-5-7-13(8-6-12)17-14(19)9-18(10-15(20)21)11-16(22)23;/h5-8H,2-4,9-11H2,1H3,(H,17,19)(H,20,21)(H,22,23);/i;1+1. The Bertz CT molecular complexity index is 532. The third kappa shape index (κ3) is 9.39. The van der Waals surface area contributed by atoms with Gasteiger partial charge in [0, 0.05) is 25.8 Å². The summed E-state index contributed by atoms with van der Waals surface area (Å²) in [6.45, 7) is 0.816. The van der Waals surface area contributed by atoms with Gasteiger partial charge in [0.25, 0.3) is 0 Å². The van der Waals surface area contributed by atoms with Gasteiger partial charge in [0.15, 0.2) is 0 Å². The molecule has 1 radical (unpaired) electrons. The molecule has 0 fully saturated rings. The maximum Gasteiger partial charge on any atom is 0.317 e. The predicted octanol–water partition coefficient (Wildman–Crippen LogP) is 1.44. The summed E-state index contributed by atoms with van der Waals surface area (Å²) in [5.41, 5.74) is 1.78. The number of nitrogens with zero attached hydrogens (tertiary/aromatic N) is 1. The molecule has 7 nitrogen and oxygen atoms in total. The van der Waals surface area contributed by atoms with Crippen LogP contribution in [0.3, 0.4) is 0 Å². The first-order valence-corrected chi connectivity index (χ1v) is 7.45. The summed E-state index contributed by atoms with van der Waals surface area (Å²) < 4.78 is 0. The second-order valence-electron chi connectivity index (χ2n) is 5.28. The van der Waals surface area contributed by atoms with Gasteiger partial charge in [-0.15, -0.1) is 0 Å². The van der Waals surface area contributed by atoms with Crippen molar-refractivity contribution in [1.29, 1.82) is 0 Å². The number of aryl methyl sites for hydroxylation is 1. The summed E-state index contributed by atoms with van der Waals surface area (Å²) in [6.07, 6.45) is 3.20. The summed E-state index contributed by atoms with van der Waals surface area (Å²) in [5.74, 6) is -2.81. The largest absolute Gasteiger partial charge is 0.480 e. The second-order valence-corrected chi connectivity index (χ2v) is 5.28. The molecule has 0 aliphatic heterocycles. The fraction of sp³-hybridized carbons (Fsp3) is 0.438. The summed E-state index contributed by atoms with van der Waals surface area (Å²) in [5, 5.41) is 20.1. The van der Waals surface area contributed by atoms with Crippen molar-refractivity contribution in [2.24, 2.45) is 0 Å².